The summed E-state index contributed by atoms with van der Waals surface area (Å²) in [5.74, 6) is -1.21. The molecule has 1 aromatic carbocycles. The third kappa shape index (κ3) is 9.76. The molecule has 0 aliphatic heterocycles. The smallest absolute Gasteiger partial charge is 0.408 e. The molecule has 9 heteroatoms. The van der Waals surface area contributed by atoms with Crippen molar-refractivity contribution in [3.05, 3.63) is 29.3 Å². The van der Waals surface area contributed by atoms with Gasteiger partial charge in [-0.3, -0.25) is 9.59 Å². The molecule has 0 heterocycles. The molecule has 200 valence electrons. The van der Waals surface area contributed by atoms with Crippen molar-refractivity contribution in [3.63, 3.8) is 0 Å². The van der Waals surface area contributed by atoms with Crippen LogP contribution in [0.2, 0.25) is 0 Å². The number of carbonyl (C=O) groups excluding carboxylic acids is 3. The Hall–Kier alpha value is -3.28. The van der Waals surface area contributed by atoms with Crippen LogP contribution in [0.4, 0.5) is 4.79 Å². The quantitative estimate of drug-likeness (QED) is 0.288. The van der Waals surface area contributed by atoms with Crippen LogP contribution in [0.15, 0.2) is 18.2 Å². The summed E-state index contributed by atoms with van der Waals surface area (Å²) in [5.41, 5.74) is -0.0192. The number of phenolic OH excluding ortho intramolecular Hbond substituents is 1. The summed E-state index contributed by atoms with van der Waals surface area (Å²) in [5, 5.41) is 25.8. The van der Waals surface area contributed by atoms with Gasteiger partial charge < -0.3 is 25.4 Å². The molecule has 9 nitrogen and oxygen atoms in total. The van der Waals surface area contributed by atoms with E-state index in [9.17, 15) is 24.8 Å². The summed E-state index contributed by atoms with van der Waals surface area (Å²) >= 11 is 0. The van der Waals surface area contributed by atoms with Gasteiger partial charge in [-0.15, -0.1) is 0 Å². The molecule has 3 amide bonds. The highest BCUT2D eigenvalue weighted by Crippen LogP contribution is 2.32. The van der Waals surface area contributed by atoms with Crippen LogP contribution < -0.4 is 10.6 Å². The molecule has 0 saturated heterocycles. The zero-order valence-electron chi connectivity index (χ0n) is 22.7. The van der Waals surface area contributed by atoms with Crippen LogP contribution in [0.25, 0.3) is 0 Å². The fourth-order valence-electron chi connectivity index (χ4n) is 3.75. The number of rotatable bonds is 12. The Bertz CT molecular complexity index is 933. The lowest BCUT2D eigenvalue weighted by Gasteiger charge is -2.33. The van der Waals surface area contributed by atoms with E-state index in [4.69, 9.17) is 4.74 Å². The van der Waals surface area contributed by atoms with Gasteiger partial charge in [-0.05, 0) is 52.0 Å². The van der Waals surface area contributed by atoms with E-state index in [2.05, 4.69) is 17.6 Å². The monoisotopic (exact) mass is 502 g/mol. The number of para-hydroxylation sites is 1. The predicted octanol–water partition coefficient (Wildman–Crippen LogP) is 4.34. The van der Waals surface area contributed by atoms with Crippen LogP contribution in [0.3, 0.4) is 0 Å². The average molecular weight is 503 g/mol. The van der Waals surface area contributed by atoms with E-state index in [0.717, 1.165) is 24.2 Å². The topological polar surface area (TPSA) is 132 Å². The summed E-state index contributed by atoms with van der Waals surface area (Å²) in [6, 6.07) is 4.61. The van der Waals surface area contributed by atoms with Crippen molar-refractivity contribution < 1.29 is 24.2 Å². The molecule has 0 aliphatic carbocycles. The van der Waals surface area contributed by atoms with Crippen LogP contribution in [0.5, 0.6) is 5.75 Å². The van der Waals surface area contributed by atoms with Gasteiger partial charge in [0, 0.05) is 12.1 Å². The number of phenols is 1. The SMILES string of the molecule is CCCCCNC(=O)C(c1cccc(C)c1O)N(CC#N)C(=O)C(CC(C)C)NC(=O)OC(C)(C)C. The number of amides is 3. The number of ether oxygens (including phenoxy) is 1. The van der Waals surface area contributed by atoms with Gasteiger partial charge in [0.25, 0.3) is 0 Å². The van der Waals surface area contributed by atoms with E-state index in [1.807, 2.05) is 19.9 Å². The van der Waals surface area contributed by atoms with Crippen molar-refractivity contribution in [3.8, 4) is 11.8 Å². The number of hydrogen-bond donors (Lipinski definition) is 3. The first-order valence-corrected chi connectivity index (χ1v) is 12.5. The summed E-state index contributed by atoms with van der Waals surface area (Å²) < 4.78 is 5.34. The Morgan fingerprint density at radius 2 is 1.86 bits per heavy atom. The number of hydrogen-bond acceptors (Lipinski definition) is 6. The first kappa shape index (κ1) is 30.8. The van der Waals surface area contributed by atoms with Gasteiger partial charge >= 0.3 is 6.09 Å². The van der Waals surface area contributed by atoms with Crippen molar-refractivity contribution in [2.75, 3.05) is 13.1 Å². The molecule has 1 aromatic rings. The van der Waals surface area contributed by atoms with Crippen molar-refractivity contribution in [2.45, 2.75) is 91.8 Å². The van der Waals surface area contributed by atoms with E-state index >= 15 is 0 Å². The Kier molecular flexibility index (Phi) is 12.2. The Morgan fingerprint density at radius 3 is 2.42 bits per heavy atom. The molecule has 2 unspecified atom stereocenters. The van der Waals surface area contributed by atoms with Crippen molar-refractivity contribution in [2.24, 2.45) is 5.92 Å². The standard InChI is InChI=1S/C27H42N4O5/c1-8-9-10-15-29-24(33)22(20-13-11-12-19(4)23(20)32)31(16-14-28)25(34)21(17-18(2)3)30-26(35)36-27(5,6)7/h11-13,18,21-22,32H,8-10,15-17H2,1-7H3,(H,29,33)(H,30,35). The fraction of sp³-hybridized carbons (Fsp3) is 0.630. The molecule has 0 fully saturated rings. The third-order valence-electron chi connectivity index (χ3n) is 5.42. The molecule has 0 bridgehead atoms. The molecule has 0 radical (unpaired) electrons. The Balaban J connectivity index is 3.45. The summed E-state index contributed by atoms with van der Waals surface area (Å²) in [6.07, 6.45) is 2.17. The number of aromatic hydroxyl groups is 1. The van der Waals surface area contributed by atoms with Gasteiger partial charge in [-0.25, -0.2) is 4.79 Å². The number of nitrogens with one attached hydrogen (secondary N) is 2. The number of carbonyl (C=O) groups is 3. The summed E-state index contributed by atoms with van der Waals surface area (Å²) in [6.45, 7) is 12.7. The van der Waals surface area contributed by atoms with Gasteiger partial charge in [0.2, 0.25) is 11.8 Å². The minimum atomic E-state index is -1.26. The van der Waals surface area contributed by atoms with Gasteiger partial charge in [0.1, 0.15) is 30.0 Å². The highest BCUT2D eigenvalue weighted by molar-refractivity contribution is 5.92. The minimum Gasteiger partial charge on any atom is -0.507 e. The van der Waals surface area contributed by atoms with Crippen LogP contribution >= 0.6 is 0 Å². The molecular weight excluding hydrogens is 460 g/mol. The number of nitriles is 1. The second-order valence-corrected chi connectivity index (χ2v) is 10.4. The molecule has 1 rings (SSSR count). The molecule has 0 aromatic heterocycles. The van der Waals surface area contributed by atoms with Gasteiger partial charge in [-0.2, -0.15) is 5.26 Å². The second kappa shape index (κ2) is 14.3. The zero-order valence-corrected chi connectivity index (χ0v) is 22.7. The number of aryl methyl sites for hydroxylation is 1. The molecule has 36 heavy (non-hydrogen) atoms. The molecule has 3 N–H and O–H groups in total. The van der Waals surface area contributed by atoms with E-state index in [-0.39, 0.29) is 23.7 Å². The van der Waals surface area contributed by atoms with Gasteiger partial charge in [0.15, 0.2) is 0 Å². The van der Waals surface area contributed by atoms with Crippen LogP contribution in [-0.2, 0) is 14.3 Å². The Labute approximate surface area is 215 Å². The zero-order chi connectivity index (χ0) is 27.5. The largest absolute Gasteiger partial charge is 0.507 e. The lowest BCUT2D eigenvalue weighted by atomic mass is 9.97. The minimum absolute atomic E-state index is 0.0199. The first-order chi connectivity index (χ1) is 16.8. The lowest BCUT2D eigenvalue weighted by Crippen LogP contribution is -2.53. The van der Waals surface area contributed by atoms with E-state index < -0.39 is 42.1 Å². The highest BCUT2D eigenvalue weighted by Gasteiger charge is 2.37. The van der Waals surface area contributed by atoms with Crippen LogP contribution in [0, 0.1) is 24.2 Å². The van der Waals surface area contributed by atoms with Crippen molar-refractivity contribution >= 4 is 17.9 Å². The maximum atomic E-state index is 13.8. The number of alkyl carbamates (subject to hydrolysis) is 1. The first-order valence-electron chi connectivity index (χ1n) is 12.5. The van der Waals surface area contributed by atoms with Crippen molar-refractivity contribution in [1.82, 2.24) is 15.5 Å². The molecule has 0 saturated carbocycles. The Morgan fingerprint density at radius 1 is 1.19 bits per heavy atom. The van der Waals surface area contributed by atoms with E-state index in [0.29, 0.717) is 12.1 Å². The average Bonchev–Trinajstić information content (AvgIpc) is 2.76. The van der Waals surface area contributed by atoms with Crippen molar-refractivity contribution in [1.29, 1.82) is 5.26 Å². The van der Waals surface area contributed by atoms with Crippen LogP contribution in [-0.4, -0.2) is 52.6 Å². The van der Waals surface area contributed by atoms with Crippen LogP contribution in [0.1, 0.15) is 84.4 Å². The third-order valence-corrected chi connectivity index (χ3v) is 5.42. The predicted molar refractivity (Wildman–Crippen MR) is 138 cm³/mol. The van der Waals surface area contributed by atoms with Gasteiger partial charge in [-0.1, -0.05) is 51.8 Å². The molecule has 2 atom stereocenters. The summed E-state index contributed by atoms with van der Waals surface area (Å²) in [4.78, 5) is 40.9. The molecular formula is C27H42N4O5. The lowest BCUT2D eigenvalue weighted by molar-refractivity contribution is -0.142. The van der Waals surface area contributed by atoms with E-state index in [1.54, 1.807) is 45.9 Å². The van der Waals surface area contributed by atoms with E-state index in [1.165, 1.54) is 0 Å². The fourth-order valence-corrected chi connectivity index (χ4v) is 3.75. The second-order valence-electron chi connectivity index (χ2n) is 10.4. The number of benzene rings is 1. The number of unbranched alkanes of at least 4 members (excludes halogenated alkanes) is 2. The normalized spacial score (nSPS) is 12.9. The molecule has 0 aliphatic rings. The summed E-state index contributed by atoms with van der Waals surface area (Å²) in [7, 11) is 0. The molecule has 0 spiro atoms. The number of nitrogens with zero attached hydrogens (tertiary/aromatic N) is 2. The maximum Gasteiger partial charge on any atom is 0.408 e. The highest BCUT2D eigenvalue weighted by atomic mass is 16.6. The van der Waals surface area contributed by atoms with Gasteiger partial charge in [0.05, 0.1) is 6.07 Å². The maximum absolute atomic E-state index is 13.8.